The van der Waals surface area contributed by atoms with Gasteiger partial charge >= 0.3 is 0 Å². The van der Waals surface area contributed by atoms with Crippen molar-refractivity contribution < 1.29 is 13.9 Å². The van der Waals surface area contributed by atoms with Crippen LogP contribution < -0.4 is 15.2 Å². The standard InChI is InChI=1S/C27H30N4O4S/c1-20(31-27(33)25-10-6-5-9-23(25)18-29-31)17-28-19-26(32)22-11-13-24(14-12-22)30(36(34)35)16-15-21-7-3-2-4-8-21/h2-14,18,20,26,28,32H,15-17,19H2,1H3,(H,34,35)/p-1. The number of nitrogens with one attached hydrogen (secondary N) is 1. The number of hydrogen-bond donors (Lipinski definition) is 2. The van der Waals surface area contributed by atoms with Gasteiger partial charge in [0.1, 0.15) is 0 Å². The number of aliphatic hydroxyl groups excluding tert-OH is 1. The van der Waals surface area contributed by atoms with Crippen LogP contribution in [0.1, 0.15) is 30.2 Å². The highest BCUT2D eigenvalue weighted by molar-refractivity contribution is 7.80. The summed E-state index contributed by atoms with van der Waals surface area (Å²) in [5.41, 5.74) is 2.12. The molecule has 0 aliphatic carbocycles. The normalized spacial score (nSPS) is 13.9. The first-order valence-corrected chi connectivity index (χ1v) is 12.8. The van der Waals surface area contributed by atoms with Crippen molar-refractivity contribution in [3.63, 3.8) is 0 Å². The van der Waals surface area contributed by atoms with Crippen LogP contribution in [0.4, 0.5) is 5.69 Å². The fourth-order valence-electron chi connectivity index (χ4n) is 4.08. The Balaban J connectivity index is 1.32. The number of aliphatic hydroxyl groups is 1. The Hall–Kier alpha value is -3.37. The van der Waals surface area contributed by atoms with Gasteiger partial charge in [0, 0.05) is 42.0 Å². The molecule has 0 amide bonds. The molecule has 0 saturated carbocycles. The molecule has 0 bridgehead atoms. The van der Waals surface area contributed by atoms with E-state index in [9.17, 15) is 18.7 Å². The van der Waals surface area contributed by atoms with Gasteiger partial charge in [-0.25, -0.2) is 4.68 Å². The third-order valence-corrected chi connectivity index (χ3v) is 6.86. The highest BCUT2D eigenvalue weighted by atomic mass is 32.2. The molecule has 0 radical (unpaired) electrons. The number of rotatable bonds is 11. The summed E-state index contributed by atoms with van der Waals surface area (Å²) in [5, 5.41) is 19.5. The number of hydrogen-bond acceptors (Lipinski definition) is 6. The summed E-state index contributed by atoms with van der Waals surface area (Å²) in [7, 11) is 0. The molecule has 4 aromatic rings. The highest BCUT2D eigenvalue weighted by Gasteiger charge is 2.14. The number of nitrogens with zero attached hydrogens (tertiary/aromatic N) is 3. The molecule has 3 aromatic carbocycles. The molecule has 0 aliphatic heterocycles. The SMILES string of the molecule is CC(CNCC(O)c1ccc(N(CCc2ccccc2)S(=O)[O-])cc1)n1ncc2ccccc2c1=O. The Bertz CT molecular complexity index is 1360. The molecule has 0 aliphatic rings. The molecule has 36 heavy (non-hydrogen) atoms. The molecule has 8 nitrogen and oxygen atoms in total. The Labute approximate surface area is 212 Å². The Morgan fingerprint density at radius 2 is 1.72 bits per heavy atom. The van der Waals surface area contributed by atoms with E-state index >= 15 is 0 Å². The number of benzene rings is 3. The molecule has 0 saturated heterocycles. The van der Waals surface area contributed by atoms with Crippen molar-refractivity contribution in [2.75, 3.05) is 23.9 Å². The minimum absolute atomic E-state index is 0.147. The molecule has 1 heterocycles. The smallest absolute Gasteiger partial charge is 0.274 e. The monoisotopic (exact) mass is 505 g/mol. The average molecular weight is 506 g/mol. The molecular weight excluding hydrogens is 476 g/mol. The van der Waals surface area contributed by atoms with Crippen LogP contribution >= 0.6 is 0 Å². The highest BCUT2D eigenvalue weighted by Crippen LogP contribution is 2.21. The van der Waals surface area contributed by atoms with Crippen LogP contribution in [-0.4, -0.2) is 43.3 Å². The molecular formula is C27H29N4O4S-. The lowest BCUT2D eigenvalue weighted by molar-refractivity contribution is 0.173. The number of fused-ring (bicyclic) bond motifs is 1. The average Bonchev–Trinajstić information content (AvgIpc) is 2.90. The van der Waals surface area contributed by atoms with Gasteiger partial charge in [0.2, 0.25) is 0 Å². The first-order chi connectivity index (χ1) is 17.4. The number of anilines is 1. The lowest BCUT2D eigenvalue weighted by Gasteiger charge is -2.27. The van der Waals surface area contributed by atoms with Crippen LogP contribution in [0.15, 0.2) is 89.9 Å². The zero-order chi connectivity index (χ0) is 25.5. The van der Waals surface area contributed by atoms with Crippen LogP contribution in [0.3, 0.4) is 0 Å². The minimum atomic E-state index is -2.41. The molecule has 188 valence electrons. The zero-order valence-electron chi connectivity index (χ0n) is 20.0. The second kappa shape index (κ2) is 12.0. The van der Waals surface area contributed by atoms with E-state index in [0.717, 1.165) is 10.9 Å². The van der Waals surface area contributed by atoms with Crippen molar-refractivity contribution in [3.05, 3.63) is 107 Å². The van der Waals surface area contributed by atoms with Crippen molar-refractivity contribution in [1.29, 1.82) is 0 Å². The van der Waals surface area contributed by atoms with Gasteiger partial charge in [0.15, 0.2) is 0 Å². The minimum Gasteiger partial charge on any atom is -0.755 e. The molecule has 2 N–H and O–H groups in total. The van der Waals surface area contributed by atoms with Crippen molar-refractivity contribution in [1.82, 2.24) is 15.1 Å². The largest absolute Gasteiger partial charge is 0.755 e. The van der Waals surface area contributed by atoms with Crippen LogP contribution in [0.2, 0.25) is 0 Å². The first kappa shape index (κ1) is 25.7. The van der Waals surface area contributed by atoms with Crippen molar-refractivity contribution in [2.45, 2.75) is 25.5 Å². The van der Waals surface area contributed by atoms with E-state index in [-0.39, 0.29) is 18.1 Å². The Kier molecular flexibility index (Phi) is 8.61. The topological polar surface area (TPSA) is 111 Å². The maximum absolute atomic E-state index is 12.7. The molecule has 0 spiro atoms. The zero-order valence-corrected chi connectivity index (χ0v) is 20.8. The fourth-order valence-corrected chi connectivity index (χ4v) is 4.61. The van der Waals surface area contributed by atoms with Crippen molar-refractivity contribution in [2.24, 2.45) is 0 Å². The third-order valence-electron chi connectivity index (χ3n) is 6.11. The summed E-state index contributed by atoms with van der Waals surface area (Å²) in [4.78, 5) is 12.7. The van der Waals surface area contributed by atoms with E-state index < -0.39 is 17.4 Å². The summed E-state index contributed by atoms with van der Waals surface area (Å²) < 4.78 is 26.3. The lowest BCUT2D eigenvalue weighted by Crippen LogP contribution is -2.34. The van der Waals surface area contributed by atoms with Gasteiger partial charge in [-0.3, -0.25) is 9.00 Å². The fraction of sp³-hybridized carbons (Fsp3) is 0.259. The second-order valence-electron chi connectivity index (χ2n) is 8.65. The Morgan fingerprint density at radius 1 is 1.03 bits per heavy atom. The summed E-state index contributed by atoms with van der Waals surface area (Å²) in [6.07, 6.45) is 1.49. The molecule has 3 unspecified atom stereocenters. The van der Waals surface area contributed by atoms with Gasteiger partial charge in [-0.2, -0.15) is 5.10 Å². The van der Waals surface area contributed by atoms with Gasteiger partial charge in [0.25, 0.3) is 5.56 Å². The van der Waals surface area contributed by atoms with Gasteiger partial charge in [-0.1, -0.05) is 60.7 Å². The quantitative estimate of drug-likeness (QED) is 0.303. The predicted molar refractivity (Wildman–Crippen MR) is 141 cm³/mol. The maximum atomic E-state index is 12.7. The molecule has 3 atom stereocenters. The Morgan fingerprint density at radius 3 is 2.44 bits per heavy atom. The lowest BCUT2D eigenvalue weighted by atomic mass is 10.1. The van der Waals surface area contributed by atoms with E-state index in [1.54, 1.807) is 36.5 Å². The maximum Gasteiger partial charge on any atom is 0.274 e. The summed E-state index contributed by atoms with van der Waals surface area (Å²) >= 11 is -2.41. The van der Waals surface area contributed by atoms with E-state index in [1.807, 2.05) is 55.5 Å². The van der Waals surface area contributed by atoms with Gasteiger partial charge in [-0.15, -0.1) is 0 Å². The van der Waals surface area contributed by atoms with Gasteiger partial charge in [-0.05, 0) is 42.7 Å². The van der Waals surface area contributed by atoms with Crippen LogP contribution in [0, 0.1) is 0 Å². The van der Waals surface area contributed by atoms with Gasteiger partial charge in [0.05, 0.1) is 23.7 Å². The molecule has 1 aromatic heterocycles. The van der Waals surface area contributed by atoms with E-state index in [0.29, 0.717) is 36.1 Å². The van der Waals surface area contributed by atoms with Crippen molar-refractivity contribution >= 4 is 27.7 Å². The van der Waals surface area contributed by atoms with Crippen LogP contribution in [-0.2, 0) is 17.7 Å². The summed E-state index contributed by atoms with van der Waals surface area (Å²) in [5.74, 6) is 0. The third kappa shape index (κ3) is 6.24. The van der Waals surface area contributed by atoms with E-state index in [4.69, 9.17) is 0 Å². The first-order valence-electron chi connectivity index (χ1n) is 11.8. The predicted octanol–water partition coefficient (Wildman–Crippen LogP) is 3.12. The molecule has 4 rings (SSSR count). The van der Waals surface area contributed by atoms with Gasteiger partial charge < -0.3 is 19.3 Å². The molecule has 9 heteroatoms. The van der Waals surface area contributed by atoms with Crippen LogP contribution in [0.5, 0.6) is 0 Å². The van der Waals surface area contributed by atoms with Crippen LogP contribution in [0.25, 0.3) is 10.8 Å². The van der Waals surface area contributed by atoms with E-state index in [1.165, 1.54) is 8.99 Å². The van der Waals surface area contributed by atoms with E-state index in [2.05, 4.69) is 10.4 Å². The summed E-state index contributed by atoms with van der Waals surface area (Å²) in [6, 6.07) is 23.7. The number of aromatic nitrogens is 2. The summed E-state index contributed by atoms with van der Waals surface area (Å²) in [6.45, 7) is 2.94. The van der Waals surface area contributed by atoms with Crippen molar-refractivity contribution in [3.8, 4) is 0 Å². The second-order valence-corrected chi connectivity index (χ2v) is 9.53. The molecule has 0 fully saturated rings.